The number of rotatable bonds is 1. The molecule has 126 valence electrons. The highest BCUT2D eigenvalue weighted by Crippen LogP contribution is 2.44. The summed E-state index contributed by atoms with van der Waals surface area (Å²) in [4.78, 5) is 8.83. The van der Waals surface area contributed by atoms with Gasteiger partial charge in [-0.1, -0.05) is 0 Å². The minimum Gasteiger partial charge on any atom is -0.633 e. The van der Waals surface area contributed by atoms with E-state index in [9.17, 15) is 5.21 Å². The minimum atomic E-state index is -0.450. The van der Waals surface area contributed by atoms with Gasteiger partial charge in [-0.25, -0.2) is 4.99 Å². The van der Waals surface area contributed by atoms with Gasteiger partial charge in [0, 0.05) is 18.8 Å². The Morgan fingerprint density at radius 2 is 2.17 bits per heavy atom. The molecule has 2 aromatic heterocycles. The molecule has 3 fully saturated rings. The van der Waals surface area contributed by atoms with Crippen molar-refractivity contribution in [1.29, 1.82) is 0 Å². The molecule has 1 N–H and O–H groups in total. The molecule has 0 amide bonds. The van der Waals surface area contributed by atoms with Crippen LogP contribution in [0.25, 0.3) is 5.65 Å². The van der Waals surface area contributed by atoms with Crippen LogP contribution < -0.4 is 5.32 Å². The number of fused-ring (bicyclic) bond motifs is 3. The highest BCUT2D eigenvalue weighted by Gasteiger charge is 2.56. The van der Waals surface area contributed by atoms with E-state index in [-0.39, 0.29) is 4.65 Å². The summed E-state index contributed by atoms with van der Waals surface area (Å²) >= 11 is 0. The molecule has 6 rings (SSSR count). The number of ether oxygens (including phenoxy) is 1. The Morgan fingerprint density at radius 3 is 2.96 bits per heavy atom. The first-order valence-electron chi connectivity index (χ1n) is 8.32. The van der Waals surface area contributed by atoms with Gasteiger partial charge < -0.3 is 14.6 Å². The lowest BCUT2D eigenvalue weighted by Crippen LogP contribution is -2.67. The van der Waals surface area contributed by atoms with Crippen molar-refractivity contribution < 1.29 is 9.38 Å². The largest absolute Gasteiger partial charge is 0.633 e. The highest BCUT2D eigenvalue weighted by molar-refractivity contribution is 5.88. The molecule has 0 unspecified atom stereocenters. The van der Waals surface area contributed by atoms with Crippen LogP contribution >= 0.6 is 0 Å². The molecule has 0 radical (unpaired) electrons. The topological polar surface area (TPSA) is 99.8 Å². The Balaban J connectivity index is 1.35. The summed E-state index contributed by atoms with van der Waals surface area (Å²) in [6.45, 7) is 4.34. The van der Waals surface area contributed by atoms with Crippen molar-refractivity contribution >= 4 is 17.6 Å². The van der Waals surface area contributed by atoms with Crippen molar-refractivity contribution in [2.24, 2.45) is 10.9 Å². The average Bonchev–Trinajstić information content (AvgIpc) is 3.11. The molecular formula is C15H19N7O2. The number of amidine groups is 1. The standard InChI is InChI=1S/C15H19N7O2/c1-10-2-3-12-17-13(20-21(12)19-10)18-14-16-8-15(24-14)9-22(23)6-4-11(15)5-7-22/h2-3,11H,4-9H2,1H3,(H,16,18,20)/t11?,15-,22?/m0/s1. The summed E-state index contributed by atoms with van der Waals surface area (Å²) in [6, 6.07) is 4.15. The fourth-order valence-electron chi connectivity index (χ4n) is 4.18. The van der Waals surface area contributed by atoms with Crippen molar-refractivity contribution in [1.82, 2.24) is 19.8 Å². The van der Waals surface area contributed by atoms with Crippen LogP contribution in [0.15, 0.2) is 17.1 Å². The first-order valence-corrected chi connectivity index (χ1v) is 8.32. The number of aromatic nitrogens is 4. The zero-order chi connectivity index (χ0) is 16.4. The van der Waals surface area contributed by atoms with Crippen LogP contribution in [0.3, 0.4) is 0 Å². The second-order valence-electron chi connectivity index (χ2n) is 7.11. The molecule has 2 aromatic rings. The van der Waals surface area contributed by atoms with E-state index < -0.39 is 5.60 Å². The monoisotopic (exact) mass is 329 g/mol. The predicted molar refractivity (Wildman–Crippen MR) is 86.2 cm³/mol. The van der Waals surface area contributed by atoms with Crippen LogP contribution in [-0.2, 0) is 4.74 Å². The first-order chi connectivity index (χ1) is 11.5. The van der Waals surface area contributed by atoms with Crippen molar-refractivity contribution in [2.75, 3.05) is 31.5 Å². The third kappa shape index (κ3) is 2.08. The van der Waals surface area contributed by atoms with E-state index in [1.807, 2.05) is 19.1 Å². The zero-order valence-corrected chi connectivity index (χ0v) is 13.5. The summed E-state index contributed by atoms with van der Waals surface area (Å²) in [5, 5.41) is 24.2. The zero-order valence-electron chi connectivity index (χ0n) is 13.5. The fraction of sp³-hybridized carbons (Fsp3) is 0.600. The van der Waals surface area contributed by atoms with Gasteiger partial charge in [0.1, 0.15) is 6.54 Å². The van der Waals surface area contributed by atoms with E-state index in [2.05, 4.69) is 25.5 Å². The average molecular weight is 329 g/mol. The second kappa shape index (κ2) is 4.64. The Morgan fingerprint density at radius 1 is 1.33 bits per heavy atom. The van der Waals surface area contributed by atoms with Crippen LogP contribution in [0.5, 0.6) is 0 Å². The number of aryl methyl sites for hydroxylation is 1. The maximum atomic E-state index is 12.7. The molecule has 3 saturated heterocycles. The number of hydroxylamine groups is 3. The Bertz CT molecular complexity index is 839. The van der Waals surface area contributed by atoms with Crippen LogP contribution in [0.1, 0.15) is 18.5 Å². The van der Waals surface area contributed by atoms with Gasteiger partial charge in [0.25, 0.3) is 12.0 Å². The van der Waals surface area contributed by atoms with Crippen LogP contribution in [-0.4, -0.2) is 62.3 Å². The van der Waals surface area contributed by atoms with Gasteiger partial charge in [-0.15, -0.1) is 9.73 Å². The number of anilines is 1. The fourth-order valence-corrected chi connectivity index (χ4v) is 4.18. The molecule has 2 bridgehead atoms. The van der Waals surface area contributed by atoms with Gasteiger partial charge in [-0.05, 0) is 19.1 Å². The van der Waals surface area contributed by atoms with E-state index in [1.165, 1.54) is 4.63 Å². The normalized spacial score (nSPS) is 34.6. The molecule has 1 atom stereocenters. The van der Waals surface area contributed by atoms with E-state index in [4.69, 9.17) is 4.74 Å². The smallest absolute Gasteiger partial charge is 0.292 e. The van der Waals surface area contributed by atoms with Crippen LogP contribution in [0.4, 0.5) is 5.95 Å². The van der Waals surface area contributed by atoms with Gasteiger partial charge in [0.2, 0.25) is 0 Å². The maximum Gasteiger partial charge on any atom is 0.292 e. The van der Waals surface area contributed by atoms with Crippen molar-refractivity contribution in [3.63, 3.8) is 0 Å². The van der Waals surface area contributed by atoms with Gasteiger partial charge in [0.15, 0.2) is 11.2 Å². The Labute approximate surface area is 138 Å². The van der Waals surface area contributed by atoms with E-state index in [0.717, 1.165) is 18.5 Å². The van der Waals surface area contributed by atoms with Gasteiger partial charge in [0.05, 0.1) is 25.3 Å². The first kappa shape index (κ1) is 14.1. The molecule has 6 heterocycles. The number of quaternary nitrogens is 1. The maximum absolute atomic E-state index is 12.7. The van der Waals surface area contributed by atoms with Crippen molar-refractivity contribution in [3.05, 3.63) is 23.0 Å². The Kier molecular flexibility index (Phi) is 2.73. The summed E-state index contributed by atoms with van der Waals surface area (Å²) in [5.74, 6) is 0.809. The molecule has 0 saturated carbocycles. The number of nitrogens with zero attached hydrogens (tertiary/aromatic N) is 6. The predicted octanol–water partition coefficient (Wildman–Crippen LogP) is 0.708. The molecule has 0 aromatic carbocycles. The SMILES string of the molecule is Cc1ccc2nc(NC3=NC[C@@]4(C[N+]5([O-])CCC4CC5)O3)nn2n1. The molecule has 4 aliphatic heterocycles. The number of piperidine rings is 3. The van der Waals surface area contributed by atoms with E-state index >= 15 is 0 Å². The Hall–Kier alpha value is -2.26. The number of hydrogen-bond donors (Lipinski definition) is 1. The second-order valence-corrected chi connectivity index (χ2v) is 7.11. The molecule has 9 heteroatoms. The lowest BCUT2D eigenvalue weighted by Gasteiger charge is -2.58. The quantitative estimate of drug-likeness (QED) is 0.611. The highest BCUT2D eigenvalue weighted by atomic mass is 16.6. The van der Waals surface area contributed by atoms with Crippen LogP contribution in [0.2, 0.25) is 0 Å². The number of aliphatic imine (C=N–C) groups is 1. The van der Waals surface area contributed by atoms with Gasteiger partial charge >= 0.3 is 0 Å². The number of nitrogens with one attached hydrogen (secondary N) is 1. The summed E-state index contributed by atoms with van der Waals surface area (Å²) in [7, 11) is 0. The molecule has 24 heavy (non-hydrogen) atoms. The summed E-state index contributed by atoms with van der Waals surface area (Å²) < 4.78 is 7.46. The summed E-state index contributed by atoms with van der Waals surface area (Å²) in [5.41, 5.74) is 1.07. The molecule has 1 spiro atoms. The van der Waals surface area contributed by atoms with Crippen molar-refractivity contribution in [3.8, 4) is 0 Å². The summed E-state index contributed by atoms with van der Waals surface area (Å²) in [6.07, 6.45) is 1.84. The molecule has 4 aliphatic rings. The third-order valence-corrected chi connectivity index (χ3v) is 5.42. The van der Waals surface area contributed by atoms with Gasteiger partial charge in [-0.3, -0.25) is 5.32 Å². The van der Waals surface area contributed by atoms with E-state index in [0.29, 0.717) is 49.7 Å². The lowest BCUT2D eigenvalue weighted by atomic mass is 9.75. The molecular weight excluding hydrogens is 310 g/mol. The van der Waals surface area contributed by atoms with E-state index in [1.54, 1.807) is 0 Å². The van der Waals surface area contributed by atoms with Crippen LogP contribution in [0, 0.1) is 18.0 Å². The molecule has 0 aliphatic carbocycles. The number of hydrogen-bond acceptors (Lipinski definition) is 7. The lowest BCUT2D eigenvalue weighted by molar-refractivity contribution is -0.905. The van der Waals surface area contributed by atoms with Gasteiger partial charge in [-0.2, -0.15) is 10.1 Å². The third-order valence-electron chi connectivity index (χ3n) is 5.42. The minimum absolute atomic E-state index is 0.144. The molecule has 9 nitrogen and oxygen atoms in total. The van der Waals surface area contributed by atoms with Crippen molar-refractivity contribution in [2.45, 2.75) is 25.4 Å².